The second-order valence-electron chi connectivity index (χ2n) is 6.50. The first-order valence-corrected chi connectivity index (χ1v) is 7.93. The zero-order valence-corrected chi connectivity index (χ0v) is 11.6. The van der Waals surface area contributed by atoms with E-state index in [0.29, 0.717) is 0 Å². The van der Waals surface area contributed by atoms with Crippen LogP contribution in [0.4, 0.5) is 0 Å². The number of hydrogen-bond donors (Lipinski definition) is 1. The molecule has 2 N–H and O–H groups in total. The lowest BCUT2D eigenvalue weighted by Crippen LogP contribution is -2.54. The largest absolute Gasteiger partial charge is 0.375 e. The monoisotopic (exact) mass is 252 g/mol. The summed E-state index contributed by atoms with van der Waals surface area (Å²) < 4.78 is 6.16. The Kier molecular flexibility index (Phi) is 3.92. The lowest BCUT2D eigenvalue weighted by molar-refractivity contribution is -0.110. The number of ether oxygens (including phenoxy) is 1. The minimum atomic E-state index is 0.250. The molecule has 0 radical (unpaired) electrons. The van der Waals surface area contributed by atoms with Crippen molar-refractivity contribution in [1.29, 1.82) is 0 Å². The molecule has 1 atom stereocenters. The Morgan fingerprint density at radius 3 is 2.44 bits per heavy atom. The molecular formula is C15H28N2O. The third kappa shape index (κ3) is 2.45. The highest BCUT2D eigenvalue weighted by Gasteiger charge is 2.43. The van der Waals surface area contributed by atoms with Gasteiger partial charge in [0.2, 0.25) is 0 Å². The Morgan fingerprint density at radius 1 is 1.06 bits per heavy atom. The first-order chi connectivity index (χ1) is 8.83. The molecule has 3 heteroatoms. The van der Waals surface area contributed by atoms with E-state index in [4.69, 9.17) is 10.5 Å². The van der Waals surface area contributed by atoms with Gasteiger partial charge in [0.05, 0.1) is 5.60 Å². The van der Waals surface area contributed by atoms with Crippen LogP contribution >= 0.6 is 0 Å². The van der Waals surface area contributed by atoms with Gasteiger partial charge in [-0.25, -0.2) is 0 Å². The van der Waals surface area contributed by atoms with Crippen molar-refractivity contribution in [3.05, 3.63) is 0 Å². The summed E-state index contributed by atoms with van der Waals surface area (Å²) in [6, 6.07) is 1.57. The van der Waals surface area contributed by atoms with Crippen LogP contribution in [-0.4, -0.2) is 42.3 Å². The quantitative estimate of drug-likeness (QED) is 0.834. The summed E-state index contributed by atoms with van der Waals surface area (Å²) >= 11 is 0. The Bertz CT molecular complexity index is 272. The number of hydrogen-bond acceptors (Lipinski definition) is 3. The molecule has 1 spiro atoms. The highest BCUT2D eigenvalue weighted by atomic mass is 16.5. The zero-order valence-electron chi connectivity index (χ0n) is 11.6. The van der Waals surface area contributed by atoms with Gasteiger partial charge >= 0.3 is 0 Å². The number of rotatable bonds is 4. The van der Waals surface area contributed by atoms with E-state index >= 15 is 0 Å². The molecule has 3 fully saturated rings. The molecule has 0 aromatic rings. The first-order valence-electron chi connectivity index (χ1n) is 7.93. The van der Waals surface area contributed by atoms with Crippen molar-refractivity contribution in [2.24, 2.45) is 5.73 Å². The molecule has 18 heavy (non-hydrogen) atoms. The molecule has 3 aliphatic rings. The molecule has 3 rings (SSSR count). The maximum absolute atomic E-state index is 6.16. The molecule has 0 aromatic carbocycles. The molecule has 1 heterocycles. The third-order valence-corrected chi connectivity index (χ3v) is 5.38. The minimum absolute atomic E-state index is 0.250. The minimum Gasteiger partial charge on any atom is -0.375 e. The molecule has 0 aromatic heterocycles. The van der Waals surface area contributed by atoms with Gasteiger partial charge in [0.1, 0.15) is 0 Å². The van der Waals surface area contributed by atoms with Crippen LogP contribution in [0.3, 0.4) is 0 Å². The maximum Gasteiger partial charge on any atom is 0.0697 e. The fourth-order valence-corrected chi connectivity index (χ4v) is 4.18. The summed E-state index contributed by atoms with van der Waals surface area (Å²) in [5.74, 6) is 0. The topological polar surface area (TPSA) is 38.5 Å². The van der Waals surface area contributed by atoms with Crippen molar-refractivity contribution in [3.63, 3.8) is 0 Å². The molecule has 2 aliphatic carbocycles. The van der Waals surface area contributed by atoms with Crippen molar-refractivity contribution in [2.75, 3.05) is 19.7 Å². The van der Waals surface area contributed by atoms with Crippen LogP contribution in [0.15, 0.2) is 0 Å². The predicted molar refractivity (Wildman–Crippen MR) is 73.6 cm³/mol. The predicted octanol–water partition coefficient (Wildman–Crippen LogP) is 2.29. The van der Waals surface area contributed by atoms with Gasteiger partial charge in [0, 0.05) is 31.8 Å². The van der Waals surface area contributed by atoms with Gasteiger partial charge in [0.15, 0.2) is 0 Å². The van der Waals surface area contributed by atoms with Gasteiger partial charge in [0.25, 0.3) is 0 Å². The Balaban J connectivity index is 1.65. The second kappa shape index (κ2) is 5.48. The lowest BCUT2D eigenvalue weighted by atomic mass is 9.84. The summed E-state index contributed by atoms with van der Waals surface area (Å²) in [4.78, 5) is 2.73. The average Bonchev–Trinajstić information content (AvgIpc) is 2.74. The van der Waals surface area contributed by atoms with Crippen LogP contribution in [0.25, 0.3) is 0 Å². The summed E-state index contributed by atoms with van der Waals surface area (Å²) in [5, 5.41) is 0. The van der Waals surface area contributed by atoms with Crippen molar-refractivity contribution in [3.8, 4) is 0 Å². The van der Waals surface area contributed by atoms with E-state index in [1.54, 1.807) is 0 Å². The van der Waals surface area contributed by atoms with Gasteiger partial charge in [-0.1, -0.05) is 19.3 Å². The molecule has 0 amide bonds. The van der Waals surface area contributed by atoms with E-state index < -0.39 is 0 Å². The van der Waals surface area contributed by atoms with Gasteiger partial charge in [-0.05, 0) is 38.5 Å². The normalized spacial score (nSPS) is 32.0. The van der Waals surface area contributed by atoms with E-state index in [9.17, 15) is 0 Å². The molecule has 1 aliphatic heterocycles. The molecule has 104 valence electrons. The van der Waals surface area contributed by atoms with Gasteiger partial charge < -0.3 is 10.5 Å². The Labute approximate surface area is 111 Å². The smallest absolute Gasteiger partial charge is 0.0697 e. The van der Waals surface area contributed by atoms with Crippen LogP contribution in [-0.2, 0) is 4.74 Å². The molecule has 3 nitrogen and oxygen atoms in total. The van der Waals surface area contributed by atoms with Crippen LogP contribution in [0, 0.1) is 0 Å². The molecule has 1 unspecified atom stereocenters. The third-order valence-electron chi connectivity index (χ3n) is 5.38. The van der Waals surface area contributed by atoms with Crippen molar-refractivity contribution < 1.29 is 4.74 Å². The highest BCUT2D eigenvalue weighted by molar-refractivity contribution is 4.96. The first kappa shape index (κ1) is 12.9. The summed E-state index contributed by atoms with van der Waals surface area (Å²) in [7, 11) is 0. The van der Waals surface area contributed by atoms with Crippen LogP contribution in [0.5, 0.6) is 0 Å². The summed E-state index contributed by atoms with van der Waals surface area (Å²) in [6.07, 6.45) is 12.0. The van der Waals surface area contributed by atoms with E-state index in [1.165, 1.54) is 57.8 Å². The van der Waals surface area contributed by atoms with Crippen molar-refractivity contribution >= 4 is 0 Å². The number of nitrogens with two attached hydrogens (primary N) is 1. The Morgan fingerprint density at radius 2 is 1.83 bits per heavy atom. The molecule has 1 saturated heterocycles. The maximum atomic E-state index is 6.16. The fourth-order valence-electron chi connectivity index (χ4n) is 4.18. The van der Waals surface area contributed by atoms with Gasteiger partial charge in [-0.2, -0.15) is 0 Å². The number of nitrogens with zero attached hydrogens (tertiary/aromatic N) is 1. The summed E-state index contributed by atoms with van der Waals surface area (Å²) in [6.45, 7) is 2.87. The van der Waals surface area contributed by atoms with Crippen LogP contribution in [0.1, 0.15) is 57.8 Å². The molecule has 0 bridgehead atoms. The average molecular weight is 252 g/mol. The molecule has 2 saturated carbocycles. The zero-order chi connectivity index (χ0) is 12.4. The van der Waals surface area contributed by atoms with E-state index in [2.05, 4.69) is 4.90 Å². The van der Waals surface area contributed by atoms with E-state index in [1.807, 2.05) is 0 Å². The van der Waals surface area contributed by atoms with E-state index in [0.717, 1.165) is 31.8 Å². The van der Waals surface area contributed by atoms with Crippen LogP contribution in [0.2, 0.25) is 0 Å². The standard InChI is InChI=1S/C15H28N2O/c16-9-10-17(13-4-3-5-13)14-6-11-18-15(12-14)7-1-2-8-15/h13-14H,1-12,16H2. The highest BCUT2D eigenvalue weighted by Crippen LogP contribution is 2.42. The van der Waals surface area contributed by atoms with Crippen molar-refractivity contribution in [2.45, 2.75) is 75.5 Å². The van der Waals surface area contributed by atoms with Gasteiger partial charge in [-0.3, -0.25) is 4.90 Å². The molecular weight excluding hydrogens is 224 g/mol. The fraction of sp³-hybridized carbons (Fsp3) is 1.00. The summed E-state index contributed by atoms with van der Waals surface area (Å²) in [5.41, 5.74) is 6.07. The second-order valence-corrected chi connectivity index (χ2v) is 6.50. The SMILES string of the molecule is NCCN(C1CCC1)C1CCOC2(CCCC2)C1. The van der Waals surface area contributed by atoms with Gasteiger partial charge in [-0.15, -0.1) is 0 Å². The van der Waals surface area contributed by atoms with E-state index in [-0.39, 0.29) is 5.60 Å². The Hall–Kier alpha value is -0.120. The van der Waals surface area contributed by atoms with Crippen molar-refractivity contribution in [1.82, 2.24) is 4.90 Å². The lowest BCUT2D eigenvalue weighted by Gasteiger charge is -2.48. The van der Waals surface area contributed by atoms with Crippen LogP contribution < -0.4 is 5.73 Å².